The van der Waals surface area contributed by atoms with Gasteiger partial charge in [0.05, 0.1) is 18.5 Å². The number of hydrogen-bond donors (Lipinski definition) is 3. The first-order valence-corrected chi connectivity index (χ1v) is 9.28. The fourth-order valence-electron chi connectivity index (χ4n) is 2.76. The molecule has 8 nitrogen and oxygen atoms in total. The molecule has 1 aromatic carbocycles. The number of carbonyl (C=O) groups is 1. The predicted molar refractivity (Wildman–Crippen MR) is 109 cm³/mol. The highest BCUT2D eigenvalue weighted by atomic mass is 19.4. The number of oxime groups is 1. The molecule has 3 rings (SSSR count). The highest BCUT2D eigenvalue weighted by Crippen LogP contribution is 2.24. The van der Waals surface area contributed by atoms with Gasteiger partial charge in [-0.2, -0.15) is 13.2 Å². The number of aliphatic hydroxyl groups is 1. The molecule has 31 heavy (non-hydrogen) atoms. The molecule has 2 aromatic heterocycles. The SMILES string of the molecule is O=C(NCC(F)(F)F)Nc1cccc(-c2cnc3cc(C/C=N/OCCO)ccn23)c1. The Morgan fingerprint density at radius 1 is 1.29 bits per heavy atom. The lowest BCUT2D eigenvalue weighted by Gasteiger charge is -2.11. The molecule has 0 atom stereocenters. The molecule has 0 aliphatic heterocycles. The van der Waals surface area contributed by atoms with E-state index in [1.54, 1.807) is 42.0 Å². The van der Waals surface area contributed by atoms with E-state index in [4.69, 9.17) is 9.94 Å². The van der Waals surface area contributed by atoms with E-state index in [0.717, 1.165) is 16.8 Å². The number of anilines is 1. The molecule has 164 valence electrons. The van der Waals surface area contributed by atoms with Crippen molar-refractivity contribution in [3.8, 4) is 11.3 Å². The Hall–Kier alpha value is -3.60. The third-order valence-electron chi connectivity index (χ3n) is 4.10. The standard InChI is InChI=1S/C20H20F3N5O3/c21-20(22,23)13-25-19(30)27-16-3-1-2-15(11-16)17-12-24-18-10-14(5-7-28(17)18)4-6-26-31-9-8-29/h1-3,5-7,10-12,29H,4,8-9,13H2,(H2,25,27,30)/b26-6+. The van der Waals surface area contributed by atoms with Gasteiger partial charge in [-0.3, -0.25) is 4.40 Å². The van der Waals surface area contributed by atoms with Crippen LogP contribution in [-0.2, 0) is 11.3 Å². The van der Waals surface area contributed by atoms with Gasteiger partial charge in [0.15, 0.2) is 0 Å². The molecule has 3 N–H and O–H groups in total. The van der Waals surface area contributed by atoms with Crippen LogP contribution in [-0.4, -0.2) is 52.7 Å². The summed E-state index contributed by atoms with van der Waals surface area (Å²) in [6.45, 7) is -1.38. The van der Waals surface area contributed by atoms with Crippen molar-refractivity contribution in [3.05, 3.63) is 54.4 Å². The number of aliphatic hydroxyl groups excluding tert-OH is 1. The van der Waals surface area contributed by atoms with Gasteiger partial charge in [0.25, 0.3) is 0 Å². The van der Waals surface area contributed by atoms with Crippen LogP contribution in [0.4, 0.5) is 23.7 Å². The lowest BCUT2D eigenvalue weighted by atomic mass is 10.1. The lowest BCUT2D eigenvalue weighted by Crippen LogP contribution is -2.36. The molecule has 0 fully saturated rings. The number of nitrogens with zero attached hydrogens (tertiary/aromatic N) is 3. The van der Waals surface area contributed by atoms with E-state index in [1.807, 2.05) is 22.7 Å². The molecule has 2 heterocycles. The number of rotatable bonds is 8. The Morgan fingerprint density at radius 2 is 2.13 bits per heavy atom. The molecular weight excluding hydrogens is 415 g/mol. The maximum Gasteiger partial charge on any atom is 0.405 e. The minimum atomic E-state index is -4.48. The zero-order valence-electron chi connectivity index (χ0n) is 16.3. The number of nitrogens with one attached hydrogen (secondary N) is 2. The Bertz CT molecular complexity index is 1070. The summed E-state index contributed by atoms with van der Waals surface area (Å²) in [5.41, 5.74) is 3.48. The van der Waals surface area contributed by atoms with E-state index in [1.165, 1.54) is 0 Å². The number of urea groups is 1. The van der Waals surface area contributed by atoms with Gasteiger partial charge in [-0.25, -0.2) is 9.78 Å². The topological polar surface area (TPSA) is 100 Å². The Kier molecular flexibility index (Phi) is 7.08. The van der Waals surface area contributed by atoms with Crippen LogP contribution in [0.2, 0.25) is 0 Å². The molecule has 0 aliphatic carbocycles. The zero-order valence-corrected chi connectivity index (χ0v) is 16.3. The van der Waals surface area contributed by atoms with Gasteiger partial charge < -0.3 is 20.6 Å². The van der Waals surface area contributed by atoms with E-state index >= 15 is 0 Å². The summed E-state index contributed by atoms with van der Waals surface area (Å²) in [5.74, 6) is 0. The van der Waals surface area contributed by atoms with Crippen molar-refractivity contribution in [2.45, 2.75) is 12.6 Å². The number of imidazole rings is 1. The summed E-state index contributed by atoms with van der Waals surface area (Å²) in [6.07, 6.45) is 1.14. The van der Waals surface area contributed by atoms with Crippen LogP contribution >= 0.6 is 0 Å². The average molecular weight is 435 g/mol. The van der Waals surface area contributed by atoms with Crippen LogP contribution in [0.5, 0.6) is 0 Å². The fraction of sp³-hybridized carbons (Fsp3) is 0.250. The maximum atomic E-state index is 12.2. The van der Waals surface area contributed by atoms with Crippen LogP contribution in [0.25, 0.3) is 16.9 Å². The summed E-state index contributed by atoms with van der Waals surface area (Å²) in [4.78, 5) is 20.9. The Morgan fingerprint density at radius 3 is 2.90 bits per heavy atom. The first kappa shape index (κ1) is 22.1. The van der Waals surface area contributed by atoms with Gasteiger partial charge in [0, 0.05) is 30.1 Å². The number of aromatic nitrogens is 2. The number of alkyl halides is 3. The van der Waals surface area contributed by atoms with Crippen molar-refractivity contribution in [2.24, 2.45) is 5.16 Å². The minimum Gasteiger partial charge on any atom is -0.394 e. The summed E-state index contributed by atoms with van der Waals surface area (Å²) >= 11 is 0. The highest BCUT2D eigenvalue weighted by Gasteiger charge is 2.27. The van der Waals surface area contributed by atoms with E-state index in [-0.39, 0.29) is 13.2 Å². The molecule has 3 aromatic rings. The van der Waals surface area contributed by atoms with Gasteiger partial charge in [-0.15, -0.1) is 0 Å². The van der Waals surface area contributed by atoms with E-state index in [9.17, 15) is 18.0 Å². The van der Waals surface area contributed by atoms with Gasteiger partial charge in [-0.05, 0) is 29.8 Å². The first-order chi connectivity index (χ1) is 14.9. The van der Waals surface area contributed by atoms with Crippen molar-refractivity contribution in [2.75, 3.05) is 25.1 Å². The third kappa shape index (κ3) is 6.44. The predicted octanol–water partition coefficient (Wildman–Crippen LogP) is 3.22. The second-order valence-electron chi connectivity index (χ2n) is 6.46. The van der Waals surface area contributed by atoms with Crippen molar-refractivity contribution >= 4 is 23.6 Å². The number of pyridine rings is 1. The molecule has 2 amide bonds. The number of fused-ring (bicyclic) bond motifs is 1. The van der Waals surface area contributed by atoms with Crippen LogP contribution in [0, 0.1) is 0 Å². The van der Waals surface area contributed by atoms with Gasteiger partial charge in [0.2, 0.25) is 0 Å². The quantitative estimate of drug-likeness (QED) is 0.287. The number of benzene rings is 1. The minimum absolute atomic E-state index is 0.102. The molecule has 0 unspecified atom stereocenters. The molecule has 0 spiro atoms. The Labute approximate surface area is 175 Å². The number of amides is 2. The van der Waals surface area contributed by atoms with Crippen molar-refractivity contribution in [3.63, 3.8) is 0 Å². The molecule has 0 saturated carbocycles. The number of halogens is 3. The summed E-state index contributed by atoms with van der Waals surface area (Å²) < 4.78 is 38.5. The highest BCUT2D eigenvalue weighted by molar-refractivity contribution is 5.90. The maximum absolute atomic E-state index is 12.2. The molecule has 11 heteroatoms. The summed E-state index contributed by atoms with van der Waals surface area (Å²) in [6, 6.07) is 9.55. The average Bonchev–Trinajstić information content (AvgIpc) is 3.15. The van der Waals surface area contributed by atoms with Crippen LogP contribution in [0.3, 0.4) is 0 Å². The largest absolute Gasteiger partial charge is 0.405 e. The van der Waals surface area contributed by atoms with Gasteiger partial charge in [0.1, 0.15) is 18.8 Å². The molecule has 0 bridgehead atoms. The van der Waals surface area contributed by atoms with E-state index in [0.29, 0.717) is 17.8 Å². The second kappa shape index (κ2) is 9.94. The van der Waals surface area contributed by atoms with Crippen molar-refractivity contribution in [1.29, 1.82) is 0 Å². The summed E-state index contributed by atoms with van der Waals surface area (Å²) in [7, 11) is 0. The van der Waals surface area contributed by atoms with Crippen LogP contribution in [0.15, 0.2) is 53.9 Å². The molecule has 0 saturated heterocycles. The second-order valence-corrected chi connectivity index (χ2v) is 6.46. The first-order valence-electron chi connectivity index (χ1n) is 9.28. The van der Waals surface area contributed by atoms with E-state index < -0.39 is 18.8 Å². The number of hydrogen-bond acceptors (Lipinski definition) is 5. The molecule has 0 radical (unpaired) electrons. The van der Waals surface area contributed by atoms with Crippen molar-refractivity contribution in [1.82, 2.24) is 14.7 Å². The van der Waals surface area contributed by atoms with Crippen LogP contribution < -0.4 is 10.6 Å². The van der Waals surface area contributed by atoms with Gasteiger partial charge >= 0.3 is 12.2 Å². The van der Waals surface area contributed by atoms with Gasteiger partial charge in [-0.1, -0.05) is 17.3 Å². The summed E-state index contributed by atoms with van der Waals surface area (Å²) in [5, 5.41) is 16.5. The molecular formula is C20H20F3N5O3. The Balaban J connectivity index is 1.71. The third-order valence-corrected chi connectivity index (χ3v) is 4.10. The fourth-order valence-corrected chi connectivity index (χ4v) is 2.76. The monoisotopic (exact) mass is 435 g/mol. The van der Waals surface area contributed by atoms with Crippen molar-refractivity contribution < 1.29 is 27.9 Å². The van der Waals surface area contributed by atoms with Crippen LogP contribution in [0.1, 0.15) is 5.56 Å². The number of carbonyl (C=O) groups excluding carboxylic acids is 1. The normalized spacial score (nSPS) is 11.7. The smallest absolute Gasteiger partial charge is 0.394 e. The molecule has 0 aliphatic rings. The lowest BCUT2D eigenvalue weighted by molar-refractivity contribution is -0.122. The zero-order chi connectivity index (χ0) is 22.3. The van der Waals surface area contributed by atoms with E-state index in [2.05, 4.69) is 15.5 Å².